The van der Waals surface area contributed by atoms with Crippen molar-refractivity contribution in [2.24, 2.45) is 0 Å². The second-order valence-electron chi connectivity index (χ2n) is 2.30. The van der Waals surface area contributed by atoms with Gasteiger partial charge in [-0.2, -0.15) is 8.78 Å². The quantitative estimate of drug-likeness (QED) is 0.742. The Hall–Kier alpha value is 0.190. The zero-order valence-electron chi connectivity index (χ0n) is 7.06. The van der Waals surface area contributed by atoms with Gasteiger partial charge in [-0.25, -0.2) is 0 Å². The average molecular weight is 348 g/mol. The Labute approximate surface area is 101 Å². The molecule has 0 spiro atoms. The third-order valence-electron chi connectivity index (χ3n) is 1.42. The molecule has 1 nitrogen and oxygen atoms in total. The lowest BCUT2D eigenvalue weighted by molar-refractivity contribution is -0.0505. The number of hydrogen-bond acceptors (Lipinski definition) is 2. The third-order valence-corrected chi connectivity index (χ3v) is 3.74. The molecule has 0 bridgehead atoms. The Morgan fingerprint density at radius 3 is 2.43 bits per heavy atom. The van der Waals surface area contributed by atoms with E-state index in [-0.39, 0.29) is 5.75 Å². The van der Waals surface area contributed by atoms with Crippen LogP contribution in [0.1, 0.15) is 0 Å². The van der Waals surface area contributed by atoms with E-state index in [0.717, 1.165) is 9.37 Å². The highest BCUT2D eigenvalue weighted by molar-refractivity contribution is 9.11. The number of halogens is 4. The molecule has 1 aromatic carbocycles. The summed E-state index contributed by atoms with van der Waals surface area (Å²) >= 11 is 7.91. The van der Waals surface area contributed by atoms with E-state index in [9.17, 15) is 8.78 Å². The van der Waals surface area contributed by atoms with E-state index in [1.165, 1.54) is 11.8 Å². The predicted octanol–water partition coefficient (Wildman–Crippen LogP) is 4.53. The van der Waals surface area contributed by atoms with E-state index in [4.69, 9.17) is 0 Å². The van der Waals surface area contributed by atoms with Crippen molar-refractivity contribution in [2.75, 3.05) is 6.26 Å². The van der Waals surface area contributed by atoms with Crippen LogP contribution in [-0.2, 0) is 0 Å². The SMILES string of the molecule is CSc1cc(OC(F)F)c(Br)cc1Br. The molecule has 0 aliphatic heterocycles. The largest absolute Gasteiger partial charge is 0.434 e. The molecule has 0 amide bonds. The van der Waals surface area contributed by atoms with Crippen molar-refractivity contribution in [3.63, 3.8) is 0 Å². The Balaban J connectivity index is 3.04. The number of benzene rings is 1. The third kappa shape index (κ3) is 3.10. The minimum Gasteiger partial charge on any atom is -0.434 e. The summed E-state index contributed by atoms with van der Waals surface area (Å²) in [4.78, 5) is 0.851. The van der Waals surface area contributed by atoms with Gasteiger partial charge in [0.05, 0.1) is 4.47 Å². The maximum atomic E-state index is 12.0. The molecule has 0 saturated carbocycles. The van der Waals surface area contributed by atoms with Crippen LogP contribution in [0.4, 0.5) is 8.78 Å². The number of thioether (sulfide) groups is 1. The summed E-state index contributed by atoms with van der Waals surface area (Å²) in [6.07, 6.45) is 1.86. The molecule has 78 valence electrons. The monoisotopic (exact) mass is 346 g/mol. The molecule has 1 rings (SSSR count). The molecule has 0 N–H and O–H groups in total. The molecule has 0 heterocycles. The van der Waals surface area contributed by atoms with Gasteiger partial charge in [-0.3, -0.25) is 0 Å². The van der Waals surface area contributed by atoms with Gasteiger partial charge in [0.25, 0.3) is 0 Å². The van der Waals surface area contributed by atoms with Crippen LogP contribution in [0.5, 0.6) is 5.75 Å². The topological polar surface area (TPSA) is 9.23 Å². The predicted molar refractivity (Wildman–Crippen MR) is 60.3 cm³/mol. The van der Waals surface area contributed by atoms with Crippen LogP contribution < -0.4 is 4.74 Å². The van der Waals surface area contributed by atoms with E-state index in [2.05, 4.69) is 36.6 Å². The van der Waals surface area contributed by atoms with Crippen molar-refractivity contribution >= 4 is 43.6 Å². The molecule has 0 radical (unpaired) electrons. The van der Waals surface area contributed by atoms with Crippen molar-refractivity contribution in [1.29, 1.82) is 0 Å². The molecule has 0 saturated heterocycles. The molecule has 14 heavy (non-hydrogen) atoms. The number of rotatable bonds is 3. The fourth-order valence-electron chi connectivity index (χ4n) is 0.853. The minimum absolute atomic E-state index is 0.146. The van der Waals surface area contributed by atoms with Crippen LogP contribution in [0, 0.1) is 0 Å². The summed E-state index contributed by atoms with van der Waals surface area (Å²) in [6, 6.07) is 3.24. The van der Waals surface area contributed by atoms with Crippen LogP contribution in [-0.4, -0.2) is 12.9 Å². The number of alkyl halides is 2. The summed E-state index contributed by atoms with van der Waals surface area (Å²) in [7, 11) is 0. The van der Waals surface area contributed by atoms with E-state index in [1.807, 2.05) is 6.26 Å². The van der Waals surface area contributed by atoms with Gasteiger partial charge < -0.3 is 4.74 Å². The van der Waals surface area contributed by atoms with Gasteiger partial charge in [-0.1, -0.05) is 0 Å². The van der Waals surface area contributed by atoms with Gasteiger partial charge in [0.2, 0.25) is 0 Å². The fraction of sp³-hybridized carbons (Fsp3) is 0.250. The Bertz CT molecular complexity index is 333. The standard InChI is InChI=1S/C8H6Br2F2OS/c1-14-7-3-6(13-8(11)12)4(9)2-5(7)10/h2-3,8H,1H3. The second kappa shape index (κ2) is 5.32. The summed E-state index contributed by atoms with van der Waals surface area (Å²) in [5, 5.41) is 0. The maximum Gasteiger partial charge on any atom is 0.387 e. The highest BCUT2D eigenvalue weighted by Crippen LogP contribution is 2.36. The first kappa shape index (κ1) is 12.3. The van der Waals surface area contributed by atoms with Crippen molar-refractivity contribution in [1.82, 2.24) is 0 Å². The molecule has 0 aromatic heterocycles. The first-order valence-electron chi connectivity index (χ1n) is 3.52. The lowest BCUT2D eigenvalue weighted by Crippen LogP contribution is -2.02. The van der Waals surface area contributed by atoms with Gasteiger partial charge in [-0.05, 0) is 50.2 Å². The molecule has 6 heteroatoms. The molecule has 0 aliphatic carbocycles. The maximum absolute atomic E-state index is 12.0. The van der Waals surface area contributed by atoms with Crippen LogP contribution >= 0.6 is 43.6 Å². The summed E-state index contributed by atoms with van der Waals surface area (Å²) in [6.45, 7) is -2.80. The van der Waals surface area contributed by atoms with Crippen molar-refractivity contribution in [3.8, 4) is 5.75 Å². The molecule has 0 fully saturated rings. The Kier molecular flexibility index (Phi) is 4.66. The van der Waals surface area contributed by atoms with E-state index < -0.39 is 6.61 Å². The van der Waals surface area contributed by atoms with Crippen molar-refractivity contribution in [2.45, 2.75) is 11.5 Å². The van der Waals surface area contributed by atoms with Gasteiger partial charge in [0.1, 0.15) is 5.75 Å². The molecular weight excluding hydrogens is 342 g/mol. The van der Waals surface area contributed by atoms with Gasteiger partial charge >= 0.3 is 6.61 Å². The van der Waals surface area contributed by atoms with E-state index in [0.29, 0.717) is 4.47 Å². The summed E-state index contributed by atoms with van der Waals surface area (Å²) in [5.74, 6) is 0.146. The molecule has 0 atom stereocenters. The zero-order valence-corrected chi connectivity index (χ0v) is 11.0. The van der Waals surface area contributed by atoms with E-state index >= 15 is 0 Å². The molecule has 0 unspecified atom stereocenters. The Morgan fingerprint density at radius 2 is 1.93 bits per heavy atom. The van der Waals surface area contributed by atoms with Crippen molar-refractivity contribution in [3.05, 3.63) is 21.1 Å². The zero-order chi connectivity index (χ0) is 10.7. The fourth-order valence-corrected chi connectivity index (χ4v) is 2.91. The summed E-state index contributed by atoms with van der Waals surface area (Å²) < 4.78 is 29.6. The minimum atomic E-state index is -2.80. The van der Waals surface area contributed by atoms with E-state index in [1.54, 1.807) is 12.1 Å². The molecular formula is C8H6Br2F2OS. The van der Waals surface area contributed by atoms with Crippen LogP contribution in [0.25, 0.3) is 0 Å². The lowest BCUT2D eigenvalue weighted by Gasteiger charge is -2.09. The highest BCUT2D eigenvalue weighted by atomic mass is 79.9. The number of hydrogen-bond donors (Lipinski definition) is 0. The summed E-state index contributed by atoms with van der Waals surface area (Å²) in [5.41, 5.74) is 0. The number of ether oxygens (including phenoxy) is 1. The lowest BCUT2D eigenvalue weighted by atomic mass is 10.3. The van der Waals surface area contributed by atoms with Gasteiger partial charge in [0.15, 0.2) is 0 Å². The first-order chi connectivity index (χ1) is 6.54. The smallest absolute Gasteiger partial charge is 0.387 e. The first-order valence-corrected chi connectivity index (χ1v) is 6.33. The average Bonchev–Trinajstić information content (AvgIpc) is 2.09. The van der Waals surface area contributed by atoms with Gasteiger partial charge in [-0.15, -0.1) is 11.8 Å². The van der Waals surface area contributed by atoms with Crippen LogP contribution in [0.15, 0.2) is 26.0 Å². The normalized spacial score (nSPS) is 10.7. The van der Waals surface area contributed by atoms with Crippen LogP contribution in [0.3, 0.4) is 0 Å². The van der Waals surface area contributed by atoms with Gasteiger partial charge in [0, 0.05) is 9.37 Å². The Morgan fingerprint density at radius 1 is 1.29 bits per heavy atom. The highest BCUT2D eigenvalue weighted by Gasteiger charge is 2.11. The van der Waals surface area contributed by atoms with Crippen molar-refractivity contribution < 1.29 is 13.5 Å². The second-order valence-corrected chi connectivity index (χ2v) is 4.85. The van der Waals surface area contributed by atoms with Crippen LogP contribution in [0.2, 0.25) is 0 Å². The molecule has 0 aliphatic rings. The molecule has 1 aromatic rings.